The van der Waals surface area contributed by atoms with Gasteiger partial charge in [0.25, 0.3) is 0 Å². The Morgan fingerprint density at radius 1 is 1.12 bits per heavy atom. The van der Waals surface area contributed by atoms with E-state index in [1.165, 1.54) is 31.4 Å². The van der Waals surface area contributed by atoms with Crippen LogP contribution in [0, 0.1) is 11.7 Å². The maximum atomic E-state index is 13.4. The molecule has 0 bridgehead atoms. The summed E-state index contributed by atoms with van der Waals surface area (Å²) in [5.74, 6) is 0.265. The van der Waals surface area contributed by atoms with Gasteiger partial charge < -0.3 is 9.64 Å². The van der Waals surface area contributed by atoms with Crippen molar-refractivity contribution in [3.63, 3.8) is 0 Å². The number of carbonyl (C=O) groups is 1. The van der Waals surface area contributed by atoms with E-state index in [1.807, 2.05) is 6.20 Å². The predicted molar refractivity (Wildman–Crippen MR) is 133 cm³/mol. The molecule has 182 valence electrons. The minimum Gasteiger partial charge on any atom is -0.379 e. The van der Waals surface area contributed by atoms with Crippen LogP contribution in [0.2, 0.25) is 0 Å². The highest BCUT2D eigenvalue weighted by Crippen LogP contribution is 2.27. The van der Waals surface area contributed by atoms with Crippen LogP contribution in [0.3, 0.4) is 0 Å². The zero-order chi connectivity index (χ0) is 23.3. The number of rotatable bonds is 8. The third-order valence-corrected chi connectivity index (χ3v) is 8.01. The topological polar surface area (TPSA) is 50.1 Å². The molecule has 0 spiro atoms. The molecule has 2 aromatic heterocycles. The number of nitrogens with zero attached hydrogens (tertiary/aromatic N) is 4. The van der Waals surface area contributed by atoms with Crippen LogP contribution in [0.15, 0.2) is 35.8 Å². The van der Waals surface area contributed by atoms with Crippen molar-refractivity contribution in [1.82, 2.24) is 19.2 Å². The van der Waals surface area contributed by atoms with Gasteiger partial charge in [0, 0.05) is 67.9 Å². The summed E-state index contributed by atoms with van der Waals surface area (Å²) in [6, 6.07) is 6.45. The van der Waals surface area contributed by atoms with Gasteiger partial charge in [-0.3, -0.25) is 14.1 Å². The van der Waals surface area contributed by atoms with Crippen LogP contribution in [0.4, 0.5) is 4.39 Å². The van der Waals surface area contributed by atoms with E-state index in [2.05, 4.69) is 19.6 Å². The molecule has 1 saturated carbocycles. The number of ether oxygens (including phenoxy) is 1. The average molecular weight is 485 g/mol. The number of benzene rings is 1. The molecule has 0 atom stereocenters. The summed E-state index contributed by atoms with van der Waals surface area (Å²) in [5.41, 5.74) is 2.91. The lowest BCUT2D eigenvalue weighted by atomic mass is 9.88. The standard InChI is InChI=1S/C26H33FN4O2S/c27-22-8-6-20(7-9-22)24-18-31-23(19-34-26(31)28-24)10-11-30(13-12-29-14-16-33-17-15-29)25(32)21-4-2-1-3-5-21/h6-9,18-19,21H,1-5,10-17H2. The molecule has 1 aromatic carbocycles. The maximum absolute atomic E-state index is 13.4. The molecule has 2 fully saturated rings. The van der Waals surface area contributed by atoms with E-state index in [0.29, 0.717) is 5.91 Å². The molecule has 8 heteroatoms. The largest absolute Gasteiger partial charge is 0.379 e. The Morgan fingerprint density at radius 3 is 2.65 bits per heavy atom. The van der Waals surface area contributed by atoms with Gasteiger partial charge in [-0.25, -0.2) is 9.37 Å². The quantitative estimate of drug-likeness (QED) is 0.473. The predicted octanol–water partition coefficient (Wildman–Crippen LogP) is 4.49. The molecule has 5 rings (SSSR count). The van der Waals surface area contributed by atoms with Gasteiger partial charge >= 0.3 is 0 Å². The highest BCUT2D eigenvalue weighted by atomic mass is 32.1. The van der Waals surface area contributed by atoms with Crippen LogP contribution >= 0.6 is 11.3 Å². The number of morpholine rings is 1. The van der Waals surface area contributed by atoms with Crippen LogP contribution < -0.4 is 0 Å². The van der Waals surface area contributed by atoms with Gasteiger partial charge in [0.15, 0.2) is 4.96 Å². The van der Waals surface area contributed by atoms with Crippen molar-refractivity contribution in [3.05, 3.63) is 47.4 Å². The maximum Gasteiger partial charge on any atom is 0.225 e. The Hall–Kier alpha value is -2.29. The molecule has 0 N–H and O–H groups in total. The van der Waals surface area contributed by atoms with Crippen molar-refractivity contribution in [1.29, 1.82) is 0 Å². The molecule has 3 aromatic rings. The van der Waals surface area contributed by atoms with E-state index in [4.69, 9.17) is 9.72 Å². The number of aromatic nitrogens is 2. The van der Waals surface area contributed by atoms with E-state index >= 15 is 0 Å². The molecule has 2 aliphatic rings. The third kappa shape index (κ3) is 5.50. The van der Waals surface area contributed by atoms with Crippen molar-refractivity contribution in [2.75, 3.05) is 45.9 Å². The van der Waals surface area contributed by atoms with Crippen molar-refractivity contribution < 1.29 is 13.9 Å². The second-order valence-electron chi connectivity index (χ2n) is 9.38. The molecule has 1 saturated heterocycles. The molecule has 34 heavy (non-hydrogen) atoms. The lowest BCUT2D eigenvalue weighted by Crippen LogP contribution is -2.45. The summed E-state index contributed by atoms with van der Waals surface area (Å²) < 4.78 is 20.9. The first-order valence-electron chi connectivity index (χ1n) is 12.5. The van der Waals surface area contributed by atoms with Gasteiger partial charge in [0.1, 0.15) is 5.82 Å². The minimum absolute atomic E-state index is 0.180. The number of fused-ring (bicyclic) bond motifs is 1. The molecule has 3 heterocycles. The van der Waals surface area contributed by atoms with Gasteiger partial charge in [-0.1, -0.05) is 19.3 Å². The number of amides is 1. The SMILES string of the molecule is O=C(C1CCCCC1)N(CCc1csc2nc(-c3ccc(F)cc3)cn12)CCN1CCOCC1. The Bertz CT molecular complexity index is 1080. The number of halogens is 1. The van der Waals surface area contributed by atoms with E-state index in [0.717, 1.165) is 87.1 Å². The first-order valence-corrected chi connectivity index (χ1v) is 13.4. The highest BCUT2D eigenvalue weighted by Gasteiger charge is 2.26. The number of hydrogen-bond acceptors (Lipinski definition) is 5. The first kappa shape index (κ1) is 23.5. The first-order chi connectivity index (χ1) is 16.7. The smallest absolute Gasteiger partial charge is 0.225 e. The van der Waals surface area contributed by atoms with Crippen molar-refractivity contribution in [2.24, 2.45) is 5.92 Å². The Kier molecular flexibility index (Phi) is 7.57. The molecule has 0 unspecified atom stereocenters. The monoisotopic (exact) mass is 484 g/mol. The second kappa shape index (κ2) is 11.0. The Balaban J connectivity index is 1.28. The summed E-state index contributed by atoms with van der Waals surface area (Å²) in [6.45, 7) is 5.83. The number of hydrogen-bond donors (Lipinski definition) is 0. The van der Waals surface area contributed by atoms with Crippen LogP contribution in [0.5, 0.6) is 0 Å². The van der Waals surface area contributed by atoms with Crippen molar-refractivity contribution in [2.45, 2.75) is 38.5 Å². The highest BCUT2D eigenvalue weighted by molar-refractivity contribution is 7.15. The van der Waals surface area contributed by atoms with Gasteiger partial charge in [-0.05, 0) is 37.1 Å². The summed E-state index contributed by atoms with van der Waals surface area (Å²) in [4.78, 5) is 23.6. The van der Waals surface area contributed by atoms with Crippen LogP contribution in [-0.4, -0.2) is 71.0 Å². The number of thiazole rings is 1. The molecule has 1 amide bonds. The zero-order valence-corrected chi connectivity index (χ0v) is 20.4. The normalized spacial score (nSPS) is 17.9. The lowest BCUT2D eigenvalue weighted by Gasteiger charge is -2.33. The summed E-state index contributed by atoms with van der Waals surface area (Å²) in [7, 11) is 0. The summed E-state index contributed by atoms with van der Waals surface area (Å²) >= 11 is 1.61. The van der Waals surface area contributed by atoms with Gasteiger partial charge in [0.05, 0.1) is 18.9 Å². The van der Waals surface area contributed by atoms with E-state index in [9.17, 15) is 9.18 Å². The molecule has 1 aliphatic heterocycles. The molecule has 1 aliphatic carbocycles. The van der Waals surface area contributed by atoms with Gasteiger partial charge in [-0.15, -0.1) is 11.3 Å². The van der Waals surface area contributed by atoms with Crippen LogP contribution in [0.25, 0.3) is 16.2 Å². The molecule has 0 radical (unpaired) electrons. The van der Waals surface area contributed by atoms with Gasteiger partial charge in [0.2, 0.25) is 5.91 Å². The minimum atomic E-state index is -0.245. The van der Waals surface area contributed by atoms with E-state index < -0.39 is 0 Å². The van der Waals surface area contributed by atoms with Crippen molar-refractivity contribution >= 4 is 22.2 Å². The second-order valence-corrected chi connectivity index (χ2v) is 10.2. The fraction of sp³-hybridized carbons (Fsp3) is 0.538. The molecular formula is C26H33FN4O2S. The van der Waals surface area contributed by atoms with E-state index in [-0.39, 0.29) is 11.7 Å². The fourth-order valence-electron chi connectivity index (χ4n) is 5.05. The summed E-state index contributed by atoms with van der Waals surface area (Å²) in [5, 5.41) is 2.14. The zero-order valence-electron chi connectivity index (χ0n) is 19.6. The number of carbonyl (C=O) groups excluding carboxylic acids is 1. The fourth-order valence-corrected chi connectivity index (χ4v) is 5.95. The lowest BCUT2D eigenvalue weighted by molar-refractivity contribution is -0.136. The number of imidazole rings is 1. The summed E-state index contributed by atoms with van der Waals surface area (Å²) in [6.07, 6.45) is 8.45. The van der Waals surface area contributed by atoms with Crippen LogP contribution in [0.1, 0.15) is 37.8 Å². The average Bonchev–Trinajstić information content (AvgIpc) is 3.47. The third-order valence-electron chi connectivity index (χ3n) is 7.12. The van der Waals surface area contributed by atoms with Crippen LogP contribution in [-0.2, 0) is 16.0 Å². The Labute approximate surface area is 204 Å². The van der Waals surface area contributed by atoms with Gasteiger partial charge in [-0.2, -0.15) is 0 Å². The van der Waals surface area contributed by atoms with Crippen molar-refractivity contribution in [3.8, 4) is 11.3 Å². The molecular weight excluding hydrogens is 451 g/mol. The molecule has 6 nitrogen and oxygen atoms in total. The van der Waals surface area contributed by atoms with E-state index in [1.54, 1.807) is 23.5 Å². The Morgan fingerprint density at radius 2 is 1.88 bits per heavy atom.